The zero-order valence-corrected chi connectivity index (χ0v) is 22.7. The van der Waals surface area contributed by atoms with E-state index in [-0.39, 0.29) is 19.5 Å². The van der Waals surface area contributed by atoms with Gasteiger partial charge in [0.25, 0.3) is 5.91 Å². The molecule has 0 unspecified atom stereocenters. The molecule has 1 saturated heterocycles. The van der Waals surface area contributed by atoms with Crippen LogP contribution in [-0.4, -0.2) is 57.4 Å². The molecule has 202 valence electrons. The molecular formula is C26H36ClF3N2O4. The van der Waals surface area contributed by atoms with E-state index in [9.17, 15) is 27.9 Å². The molecule has 1 fully saturated rings. The zero-order valence-electron chi connectivity index (χ0n) is 22.0. The minimum Gasteiger partial charge on any atom is -0.444 e. The third-order valence-corrected chi connectivity index (χ3v) is 7.46. The summed E-state index contributed by atoms with van der Waals surface area (Å²) in [7, 11) is 0. The van der Waals surface area contributed by atoms with Gasteiger partial charge in [0.15, 0.2) is 0 Å². The molecule has 2 heterocycles. The van der Waals surface area contributed by atoms with Crippen LogP contribution in [0.15, 0.2) is 12.1 Å². The van der Waals surface area contributed by atoms with E-state index in [1.807, 2.05) is 20.8 Å². The summed E-state index contributed by atoms with van der Waals surface area (Å²) in [6, 6.07) is 3.51. The Morgan fingerprint density at radius 2 is 1.67 bits per heavy atom. The Labute approximate surface area is 215 Å². The van der Waals surface area contributed by atoms with E-state index in [4.69, 9.17) is 16.3 Å². The average Bonchev–Trinajstić information content (AvgIpc) is 3.16. The first-order valence-electron chi connectivity index (χ1n) is 12.1. The van der Waals surface area contributed by atoms with Crippen LogP contribution in [0.3, 0.4) is 0 Å². The van der Waals surface area contributed by atoms with Crippen LogP contribution in [0, 0.1) is 5.41 Å². The summed E-state index contributed by atoms with van der Waals surface area (Å²) in [5.74, 6) is -1.40. The number of halogens is 4. The summed E-state index contributed by atoms with van der Waals surface area (Å²) in [5.41, 5.74) is -3.44. The molecule has 0 spiro atoms. The highest BCUT2D eigenvalue weighted by Gasteiger charge is 2.58. The van der Waals surface area contributed by atoms with Gasteiger partial charge < -0.3 is 14.7 Å². The lowest BCUT2D eigenvalue weighted by Gasteiger charge is -2.50. The molecular weight excluding hydrogens is 497 g/mol. The van der Waals surface area contributed by atoms with Crippen LogP contribution in [0.25, 0.3) is 0 Å². The van der Waals surface area contributed by atoms with Crippen molar-refractivity contribution < 1.29 is 32.6 Å². The number of alkyl halides is 3. The fourth-order valence-electron chi connectivity index (χ4n) is 5.45. The summed E-state index contributed by atoms with van der Waals surface area (Å²) in [4.78, 5) is 29.0. The summed E-state index contributed by atoms with van der Waals surface area (Å²) in [6.45, 7) is 12.2. The molecule has 10 heteroatoms. The molecule has 36 heavy (non-hydrogen) atoms. The molecule has 1 N–H and O–H groups in total. The predicted molar refractivity (Wildman–Crippen MR) is 131 cm³/mol. The van der Waals surface area contributed by atoms with Crippen molar-refractivity contribution >= 4 is 23.6 Å². The Balaban J connectivity index is 2.15. The lowest BCUT2D eigenvalue weighted by atomic mass is 9.65. The number of carbonyl (C=O) groups excluding carboxylic acids is 2. The maximum absolute atomic E-state index is 13.4. The summed E-state index contributed by atoms with van der Waals surface area (Å²) in [6.07, 6.45) is -4.03. The Bertz CT molecular complexity index is 1040. The minimum absolute atomic E-state index is 0.0101. The molecule has 6 nitrogen and oxygen atoms in total. The van der Waals surface area contributed by atoms with Crippen LogP contribution in [0.5, 0.6) is 0 Å². The van der Waals surface area contributed by atoms with Gasteiger partial charge in [-0.3, -0.25) is 9.69 Å². The van der Waals surface area contributed by atoms with Crippen molar-refractivity contribution in [1.29, 1.82) is 0 Å². The SMILES string of the molecule is CC(C)(C)OC(=O)N1CCC[C@@]1(c1cc(Cl)cc2c1CN(C(=O)[C@@](C)(O)C(F)(F)F)CC2)C(C)(C)C. The first kappa shape index (κ1) is 28.6. The topological polar surface area (TPSA) is 70.1 Å². The van der Waals surface area contributed by atoms with Gasteiger partial charge in [0.05, 0.1) is 5.54 Å². The number of rotatable bonds is 2. The van der Waals surface area contributed by atoms with Gasteiger partial charge >= 0.3 is 12.3 Å². The van der Waals surface area contributed by atoms with Crippen molar-refractivity contribution in [2.24, 2.45) is 5.41 Å². The highest BCUT2D eigenvalue weighted by Crippen LogP contribution is 2.54. The standard InChI is InChI=1S/C26H36ClF3N2O4/c1-22(2,3)25(10-8-11-32(25)21(34)36-23(4,5)6)19-14-17(27)13-16-9-12-31(15-18(16)19)20(33)24(7,35)26(28,29)30/h13-14,35H,8-12,15H2,1-7H3/t24-,25-/m1/s1. The number of hydrogen-bond acceptors (Lipinski definition) is 4. The Hall–Kier alpha value is -2.00. The first-order valence-corrected chi connectivity index (χ1v) is 12.5. The number of aliphatic hydroxyl groups is 1. The predicted octanol–water partition coefficient (Wildman–Crippen LogP) is 5.81. The molecule has 0 aromatic heterocycles. The molecule has 0 saturated carbocycles. The fourth-order valence-corrected chi connectivity index (χ4v) is 5.69. The van der Waals surface area contributed by atoms with E-state index >= 15 is 0 Å². The second kappa shape index (κ2) is 9.08. The van der Waals surface area contributed by atoms with E-state index in [1.54, 1.807) is 37.8 Å². The van der Waals surface area contributed by atoms with Crippen molar-refractivity contribution in [3.8, 4) is 0 Å². The van der Waals surface area contributed by atoms with Crippen LogP contribution in [0.1, 0.15) is 78.0 Å². The highest BCUT2D eigenvalue weighted by molar-refractivity contribution is 6.30. The van der Waals surface area contributed by atoms with Crippen LogP contribution < -0.4 is 0 Å². The van der Waals surface area contributed by atoms with Crippen molar-refractivity contribution in [3.05, 3.63) is 33.8 Å². The van der Waals surface area contributed by atoms with Gasteiger partial charge in [-0.2, -0.15) is 13.2 Å². The molecule has 0 aliphatic carbocycles. The number of hydrogen-bond donors (Lipinski definition) is 1. The van der Waals surface area contributed by atoms with Crippen LogP contribution in [0.4, 0.5) is 18.0 Å². The molecule has 3 rings (SSSR count). The van der Waals surface area contributed by atoms with Gasteiger partial charge in [0, 0.05) is 24.7 Å². The van der Waals surface area contributed by atoms with E-state index in [1.165, 1.54) is 0 Å². The van der Waals surface area contributed by atoms with Gasteiger partial charge in [-0.15, -0.1) is 0 Å². The molecule has 1 aromatic rings. The van der Waals surface area contributed by atoms with Crippen molar-refractivity contribution in [3.63, 3.8) is 0 Å². The van der Waals surface area contributed by atoms with E-state index < -0.39 is 40.3 Å². The fraction of sp³-hybridized carbons (Fsp3) is 0.692. The number of carbonyl (C=O) groups is 2. The maximum Gasteiger partial charge on any atom is 0.426 e. The molecule has 2 aliphatic rings. The number of fused-ring (bicyclic) bond motifs is 1. The van der Waals surface area contributed by atoms with Crippen LogP contribution in [-0.2, 0) is 28.0 Å². The van der Waals surface area contributed by atoms with Gasteiger partial charge in [-0.1, -0.05) is 32.4 Å². The van der Waals surface area contributed by atoms with Crippen LogP contribution in [0.2, 0.25) is 5.02 Å². The highest BCUT2D eigenvalue weighted by atomic mass is 35.5. The number of likely N-dealkylation sites (tertiary alicyclic amines) is 1. The largest absolute Gasteiger partial charge is 0.444 e. The Morgan fingerprint density at radius 1 is 1.06 bits per heavy atom. The lowest BCUT2D eigenvalue weighted by Crippen LogP contribution is -2.57. The summed E-state index contributed by atoms with van der Waals surface area (Å²) in [5, 5.41) is 10.5. The number of benzene rings is 1. The van der Waals surface area contributed by atoms with Gasteiger partial charge in [0.2, 0.25) is 5.60 Å². The lowest BCUT2D eigenvalue weighted by molar-refractivity contribution is -0.250. The van der Waals surface area contributed by atoms with Gasteiger partial charge in [-0.05, 0) is 81.2 Å². The van der Waals surface area contributed by atoms with Gasteiger partial charge in [0.1, 0.15) is 5.60 Å². The molecule has 2 atom stereocenters. The average molecular weight is 533 g/mol. The summed E-state index contributed by atoms with van der Waals surface area (Å²) >= 11 is 6.53. The van der Waals surface area contributed by atoms with Crippen molar-refractivity contribution in [2.75, 3.05) is 13.1 Å². The van der Waals surface area contributed by atoms with Gasteiger partial charge in [-0.25, -0.2) is 4.79 Å². The molecule has 0 radical (unpaired) electrons. The monoisotopic (exact) mass is 532 g/mol. The number of nitrogens with zero attached hydrogens (tertiary/aromatic N) is 2. The Morgan fingerprint density at radius 3 is 2.19 bits per heavy atom. The third kappa shape index (κ3) is 4.93. The van der Waals surface area contributed by atoms with Crippen LogP contribution >= 0.6 is 11.6 Å². The van der Waals surface area contributed by atoms with E-state index in [2.05, 4.69) is 0 Å². The quantitative estimate of drug-likeness (QED) is 0.522. The normalized spacial score (nSPS) is 22.8. The molecule has 2 aliphatic heterocycles. The Kier molecular flexibility index (Phi) is 7.21. The second-order valence-corrected chi connectivity index (χ2v) is 12.4. The first-order chi connectivity index (χ1) is 16.2. The minimum atomic E-state index is -5.11. The summed E-state index contributed by atoms with van der Waals surface area (Å²) < 4.78 is 46.0. The second-order valence-electron chi connectivity index (χ2n) is 12.0. The zero-order chi connectivity index (χ0) is 27.5. The number of ether oxygens (including phenoxy) is 1. The van der Waals surface area contributed by atoms with E-state index in [0.29, 0.717) is 42.5 Å². The van der Waals surface area contributed by atoms with Crippen molar-refractivity contribution in [2.45, 2.75) is 97.2 Å². The van der Waals surface area contributed by atoms with E-state index in [0.717, 1.165) is 10.5 Å². The molecule has 0 bridgehead atoms. The molecule has 2 amide bonds. The maximum atomic E-state index is 13.4. The number of amides is 2. The third-order valence-electron chi connectivity index (χ3n) is 7.24. The smallest absolute Gasteiger partial charge is 0.426 e. The molecule has 1 aromatic carbocycles. The van der Waals surface area contributed by atoms with Crippen molar-refractivity contribution in [1.82, 2.24) is 9.80 Å².